The fourth-order valence-electron chi connectivity index (χ4n) is 0.802. The summed E-state index contributed by atoms with van der Waals surface area (Å²) in [7, 11) is 1.72. The van der Waals surface area contributed by atoms with Gasteiger partial charge in [-0.05, 0) is 13.8 Å². The second kappa shape index (κ2) is 12.0. The number of aryl methyl sites for hydroxylation is 2. The average molecular weight is 231 g/mol. The molecule has 0 saturated heterocycles. The Morgan fingerprint density at radius 1 is 1.19 bits per heavy atom. The van der Waals surface area contributed by atoms with E-state index < -0.39 is 0 Å². The zero-order chi connectivity index (χ0) is 12.4. The summed E-state index contributed by atoms with van der Waals surface area (Å²) >= 11 is 0. The van der Waals surface area contributed by atoms with Crippen molar-refractivity contribution in [2.45, 2.75) is 61.9 Å². The van der Waals surface area contributed by atoms with E-state index in [1.165, 1.54) is 15.7 Å². The Kier molecular flexibility index (Phi) is 15.3. The third kappa shape index (κ3) is 6.43. The van der Waals surface area contributed by atoms with E-state index in [1.807, 2.05) is 27.7 Å². The number of hydrogen-bond acceptors (Lipinski definition) is 2. The van der Waals surface area contributed by atoms with Gasteiger partial charge in [-0.1, -0.05) is 41.5 Å². The van der Waals surface area contributed by atoms with Crippen LogP contribution in [0.3, 0.4) is 0 Å². The third-order valence-electron chi connectivity index (χ3n) is 1.56. The van der Waals surface area contributed by atoms with Gasteiger partial charge in [0.1, 0.15) is 5.82 Å². The fraction of sp³-hybridized carbons (Fsp3) is 0.833. The summed E-state index contributed by atoms with van der Waals surface area (Å²) in [6, 6.07) is 0. The summed E-state index contributed by atoms with van der Waals surface area (Å²) in [6.07, 6.45) is 1.25. The predicted octanol–water partition coefficient (Wildman–Crippen LogP) is 2.99. The summed E-state index contributed by atoms with van der Waals surface area (Å²) in [5, 5.41) is 4.00. The fourth-order valence-corrected chi connectivity index (χ4v) is 0.802. The predicted molar refractivity (Wildman–Crippen MR) is 71.9 cm³/mol. The van der Waals surface area contributed by atoms with E-state index >= 15 is 0 Å². The highest BCUT2D eigenvalue weighted by molar-refractivity contribution is 4.80. The average Bonchev–Trinajstić information content (AvgIpc) is 2.50. The first-order valence-corrected chi connectivity index (χ1v) is 5.68. The van der Waals surface area contributed by atoms with Crippen LogP contribution in [-0.2, 0) is 13.6 Å². The molecule has 0 aliphatic rings. The summed E-state index contributed by atoms with van der Waals surface area (Å²) in [5.74, 6) is 0.756. The van der Waals surface area contributed by atoms with E-state index in [-0.39, 0.29) is 13.1 Å². The van der Waals surface area contributed by atoms with Crippen molar-refractivity contribution in [1.82, 2.24) is 14.3 Å². The molecule has 0 radical (unpaired) electrons. The standard InChI is InChI=1S/C6H11N3O.C3H8.C2H6.CH4/c1-4-9-6(10)8(3)5(2)7-9;1-3-2;1-2;/h4H2,1-3H3;3H2,1-2H3;1-2H3;1H4. The van der Waals surface area contributed by atoms with Crippen LogP contribution in [0.15, 0.2) is 4.79 Å². The Morgan fingerprint density at radius 2 is 1.56 bits per heavy atom. The highest BCUT2D eigenvalue weighted by atomic mass is 16.2. The van der Waals surface area contributed by atoms with E-state index in [9.17, 15) is 4.79 Å². The van der Waals surface area contributed by atoms with E-state index in [0.717, 1.165) is 5.82 Å². The molecule has 0 saturated carbocycles. The first-order chi connectivity index (χ1) is 7.08. The number of hydrogen-bond donors (Lipinski definition) is 0. The first kappa shape index (κ1) is 20.4. The highest BCUT2D eigenvalue weighted by Crippen LogP contribution is 1.83. The molecule has 0 N–H and O–H groups in total. The van der Waals surface area contributed by atoms with Crippen LogP contribution in [0.25, 0.3) is 0 Å². The molecular formula is C12H29N3O. The zero-order valence-corrected chi connectivity index (χ0v) is 11.2. The molecule has 0 amide bonds. The van der Waals surface area contributed by atoms with Crippen molar-refractivity contribution < 1.29 is 0 Å². The van der Waals surface area contributed by atoms with E-state index in [4.69, 9.17) is 0 Å². The van der Waals surface area contributed by atoms with Gasteiger partial charge < -0.3 is 0 Å². The Labute approximate surface area is 100 Å². The minimum atomic E-state index is -0.0417. The van der Waals surface area contributed by atoms with Crippen molar-refractivity contribution in [2.24, 2.45) is 7.05 Å². The second-order valence-corrected chi connectivity index (χ2v) is 2.91. The van der Waals surface area contributed by atoms with Crippen LogP contribution in [0.4, 0.5) is 0 Å². The zero-order valence-electron chi connectivity index (χ0n) is 11.2. The minimum Gasteiger partial charge on any atom is -0.282 e. The van der Waals surface area contributed by atoms with Crippen LogP contribution in [0.1, 0.15) is 54.3 Å². The van der Waals surface area contributed by atoms with Gasteiger partial charge in [-0.25, -0.2) is 9.48 Å². The van der Waals surface area contributed by atoms with Gasteiger partial charge in [-0.2, -0.15) is 5.10 Å². The van der Waals surface area contributed by atoms with Gasteiger partial charge in [0.15, 0.2) is 0 Å². The lowest BCUT2D eigenvalue weighted by molar-refractivity contribution is 0.622. The normalized spacial score (nSPS) is 7.94. The molecule has 1 heterocycles. The minimum absolute atomic E-state index is 0. The molecule has 0 aliphatic carbocycles. The highest BCUT2D eigenvalue weighted by Gasteiger charge is 2.01. The number of rotatable bonds is 1. The maximum atomic E-state index is 11.1. The van der Waals surface area contributed by atoms with Crippen molar-refractivity contribution >= 4 is 0 Å². The van der Waals surface area contributed by atoms with Gasteiger partial charge in [0.2, 0.25) is 0 Å². The molecule has 0 aliphatic heterocycles. The monoisotopic (exact) mass is 231 g/mol. The second-order valence-electron chi connectivity index (χ2n) is 2.91. The van der Waals surface area contributed by atoms with Crippen molar-refractivity contribution in [1.29, 1.82) is 0 Å². The Morgan fingerprint density at radius 3 is 1.69 bits per heavy atom. The topological polar surface area (TPSA) is 39.8 Å². The molecule has 1 aromatic heterocycles. The summed E-state index contributed by atoms with van der Waals surface area (Å²) in [4.78, 5) is 11.1. The molecule has 0 bridgehead atoms. The number of aromatic nitrogens is 3. The Bertz CT molecular complexity index is 300. The molecular weight excluding hydrogens is 202 g/mol. The van der Waals surface area contributed by atoms with Crippen LogP contribution in [-0.4, -0.2) is 14.3 Å². The quantitative estimate of drug-likeness (QED) is 0.745. The lowest BCUT2D eigenvalue weighted by Gasteiger charge is -1.86. The van der Waals surface area contributed by atoms with Gasteiger partial charge in [-0.15, -0.1) is 0 Å². The van der Waals surface area contributed by atoms with E-state index in [1.54, 1.807) is 7.05 Å². The summed E-state index contributed by atoms with van der Waals surface area (Å²) in [5.41, 5.74) is -0.0417. The molecule has 0 unspecified atom stereocenters. The molecule has 16 heavy (non-hydrogen) atoms. The lowest BCUT2D eigenvalue weighted by Crippen LogP contribution is -2.22. The van der Waals surface area contributed by atoms with Crippen LogP contribution >= 0.6 is 0 Å². The smallest absolute Gasteiger partial charge is 0.282 e. The molecule has 98 valence electrons. The van der Waals surface area contributed by atoms with Crippen molar-refractivity contribution in [3.05, 3.63) is 16.3 Å². The maximum absolute atomic E-state index is 11.1. The van der Waals surface area contributed by atoms with E-state index in [2.05, 4.69) is 18.9 Å². The van der Waals surface area contributed by atoms with Gasteiger partial charge in [0.25, 0.3) is 0 Å². The van der Waals surface area contributed by atoms with Gasteiger partial charge in [-0.3, -0.25) is 4.57 Å². The molecule has 0 aromatic carbocycles. The van der Waals surface area contributed by atoms with Crippen LogP contribution in [0.5, 0.6) is 0 Å². The van der Waals surface area contributed by atoms with Crippen LogP contribution in [0, 0.1) is 6.92 Å². The lowest BCUT2D eigenvalue weighted by atomic mass is 10.6. The third-order valence-corrected chi connectivity index (χ3v) is 1.56. The molecule has 4 heteroatoms. The summed E-state index contributed by atoms with van der Waals surface area (Å²) < 4.78 is 2.97. The molecule has 1 aromatic rings. The number of nitrogens with zero attached hydrogens (tertiary/aromatic N) is 3. The Balaban J connectivity index is -0.000000246. The summed E-state index contributed by atoms with van der Waals surface area (Å²) in [6.45, 7) is 12.6. The first-order valence-electron chi connectivity index (χ1n) is 5.68. The van der Waals surface area contributed by atoms with Crippen molar-refractivity contribution in [2.75, 3.05) is 0 Å². The van der Waals surface area contributed by atoms with Gasteiger partial charge in [0, 0.05) is 13.6 Å². The van der Waals surface area contributed by atoms with Crippen molar-refractivity contribution in [3.8, 4) is 0 Å². The molecule has 0 atom stereocenters. The molecule has 0 fully saturated rings. The van der Waals surface area contributed by atoms with Gasteiger partial charge in [0.05, 0.1) is 0 Å². The van der Waals surface area contributed by atoms with Crippen LogP contribution in [0.2, 0.25) is 0 Å². The Hall–Kier alpha value is -1.06. The molecule has 4 nitrogen and oxygen atoms in total. The largest absolute Gasteiger partial charge is 0.345 e. The SMILES string of the molecule is C.CC.CCC.CCn1nc(C)n(C)c1=O. The molecule has 1 rings (SSSR count). The van der Waals surface area contributed by atoms with E-state index in [0.29, 0.717) is 6.54 Å². The van der Waals surface area contributed by atoms with Crippen molar-refractivity contribution in [3.63, 3.8) is 0 Å². The van der Waals surface area contributed by atoms with Gasteiger partial charge >= 0.3 is 5.69 Å². The van der Waals surface area contributed by atoms with Crippen LogP contribution < -0.4 is 5.69 Å². The maximum Gasteiger partial charge on any atom is 0.345 e. The molecule has 0 spiro atoms.